The Morgan fingerprint density at radius 3 is 2.27 bits per heavy atom. The molecule has 0 amide bonds. The predicted octanol–water partition coefficient (Wildman–Crippen LogP) is 7.08. The van der Waals surface area contributed by atoms with Crippen molar-refractivity contribution in [1.29, 1.82) is 0 Å². The molecule has 0 radical (unpaired) electrons. The summed E-state index contributed by atoms with van der Waals surface area (Å²) in [4.78, 5) is 0. The Bertz CT molecular complexity index is 678. The fraction of sp³-hybridized carbons (Fsp3) is 0.478. The van der Waals surface area contributed by atoms with E-state index in [1.165, 1.54) is 38.2 Å². The number of hydrogen-bond donors (Lipinski definition) is 0. The van der Waals surface area contributed by atoms with Crippen LogP contribution in [0.1, 0.15) is 63.5 Å². The van der Waals surface area contributed by atoms with Crippen molar-refractivity contribution in [1.82, 2.24) is 0 Å². The summed E-state index contributed by atoms with van der Waals surface area (Å²) in [5.74, 6) is 0.313. The Morgan fingerprint density at radius 2 is 1.62 bits per heavy atom. The van der Waals surface area contributed by atoms with E-state index in [1.54, 1.807) is 0 Å². The molecule has 1 atom stereocenters. The summed E-state index contributed by atoms with van der Waals surface area (Å²) in [6.07, 6.45) is 8.42. The zero-order chi connectivity index (χ0) is 18.4. The summed E-state index contributed by atoms with van der Waals surface area (Å²) in [5.41, 5.74) is 1.08. The molecule has 1 fully saturated rings. The molecule has 0 N–H and O–H groups in total. The lowest BCUT2D eigenvalue weighted by Gasteiger charge is -2.29. The molecule has 0 heterocycles. The Morgan fingerprint density at radius 1 is 0.923 bits per heavy atom. The van der Waals surface area contributed by atoms with Crippen LogP contribution in [0.3, 0.4) is 0 Å². The molecular weight excluding hydrogens is 330 g/mol. The Kier molecular flexibility index (Phi) is 6.65. The van der Waals surface area contributed by atoms with Gasteiger partial charge >= 0.3 is 0 Å². The van der Waals surface area contributed by atoms with Gasteiger partial charge in [-0.3, -0.25) is 0 Å². The van der Waals surface area contributed by atoms with Gasteiger partial charge in [0.25, 0.3) is 0 Å². The van der Waals surface area contributed by atoms with Crippen molar-refractivity contribution in [2.75, 3.05) is 0 Å². The second-order valence-corrected chi connectivity index (χ2v) is 7.47. The normalized spacial score (nSPS) is 21.3. The highest BCUT2D eigenvalue weighted by Crippen LogP contribution is 2.36. The number of halogens is 2. The summed E-state index contributed by atoms with van der Waals surface area (Å²) in [5, 5.41) is 0. The van der Waals surface area contributed by atoms with Crippen LogP contribution in [0, 0.1) is 23.5 Å². The van der Waals surface area contributed by atoms with Crippen molar-refractivity contribution in [2.45, 2.75) is 58.0 Å². The average molecular weight is 358 g/mol. The molecule has 1 unspecified atom stereocenters. The summed E-state index contributed by atoms with van der Waals surface area (Å²) >= 11 is 0. The molecule has 26 heavy (non-hydrogen) atoms. The summed E-state index contributed by atoms with van der Waals surface area (Å²) < 4.78 is 32.8. The van der Waals surface area contributed by atoms with E-state index in [0.29, 0.717) is 5.75 Å². The highest BCUT2D eigenvalue weighted by Gasteiger charge is 2.22. The zero-order valence-corrected chi connectivity index (χ0v) is 15.5. The van der Waals surface area contributed by atoms with Crippen LogP contribution in [-0.2, 0) is 0 Å². The average Bonchev–Trinajstić information content (AvgIpc) is 2.69. The van der Waals surface area contributed by atoms with Gasteiger partial charge in [0.05, 0.1) is 0 Å². The first-order chi connectivity index (χ1) is 12.7. The largest absolute Gasteiger partial charge is 0.486 e. The molecule has 3 rings (SSSR count). The van der Waals surface area contributed by atoms with E-state index in [9.17, 15) is 8.78 Å². The van der Waals surface area contributed by atoms with Gasteiger partial charge in [-0.25, -0.2) is 8.78 Å². The third-order valence-electron chi connectivity index (χ3n) is 5.72. The lowest BCUT2D eigenvalue weighted by Crippen LogP contribution is -2.16. The summed E-state index contributed by atoms with van der Waals surface area (Å²) in [6, 6.07) is 13.8. The van der Waals surface area contributed by atoms with Gasteiger partial charge in [-0.05, 0) is 42.4 Å². The van der Waals surface area contributed by atoms with Gasteiger partial charge in [-0.2, -0.15) is 0 Å². The number of benzene rings is 2. The molecule has 1 aliphatic rings. The molecule has 0 bridgehead atoms. The second-order valence-electron chi connectivity index (χ2n) is 7.47. The van der Waals surface area contributed by atoms with Gasteiger partial charge in [0.2, 0.25) is 0 Å². The van der Waals surface area contributed by atoms with Crippen molar-refractivity contribution < 1.29 is 13.5 Å². The minimum absolute atomic E-state index is 0.134. The van der Waals surface area contributed by atoms with Crippen molar-refractivity contribution in [3.63, 3.8) is 0 Å². The molecular formula is C23H28F2O. The highest BCUT2D eigenvalue weighted by atomic mass is 19.2. The minimum Gasteiger partial charge on any atom is -0.486 e. The molecule has 1 nitrogen and oxygen atoms in total. The van der Waals surface area contributed by atoms with E-state index in [1.807, 2.05) is 30.3 Å². The van der Waals surface area contributed by atoms with Crippen LogP contribution in [0.5, 0.6) is 5.75 Å². The molecule has 3 heteroatoms. The monoisotopic (exact) mass is 358 g/mol. The molecule has 2 aromatic rings. The van der Waals surface area contributed by atoms with Crippen molar-refractivity contribution in [2.24, 2.45) is 11.8 Å². The fourth-order valence-electron chi connectivity index (χ4n) is 3.99. The van der Waals surface area contributed by atoms with Crippen LogP contribution in [0.2, 0.25) is 0 Å². The van der Waals surface area contributed by atoms with E-state index in [2.05, 4.69) is 6.92 Å². The molecule has 0 aliphatic heterocycles. The molecule has 1 aliphatic carbocycles. The quantitative estimate of drug-likeness (QED) is 0.514. The third-order valence-corrected chi connectivity index (χ3v) is 5.72. The van der Waals surface area contributed by atoms with Gasteiger partial charge in [0.15, 0.2) is 11.6 Å². The first-order valence-electron chi connectivity index (χ1n) is 9.82. The first-order valence-corrected chi connectivity index (χ1v) is 9.82. The minimum atomic E-state index is -0.868. The van der Waals surface area contributed by atoms with Crippen molar-refractivity contribution in [3.05, 3.63) is 65.7 Å². The Labute approximate surface area is 155 Å². The van der Waals surface area contributed by atoms with Gasteiger partial charge < -0.3 is 4.74 Å². The SMILES string of the molecule is CCC1CCC(CCC(Oc2ccc(F)c(F)c2)c2ccccc2)CC1. The van der Waals surface area contributed by atoms with Crippen LogP contribution in [0.25, 0.3) is 0 Å². The molecule has 0 saturated heterocycles. The lowest BCUT2D eigenvalue weighted by molar-refractivity contribution is 0.168. The maximum atomic E-state index is 13.5. The van der Waals surface area contributed by atoms with Crippen LogP contribution < -0.4 is 4.74 Å². The number of ether oxygens (including phenoxy) is 1. The highest BCUT2D eigenvalue weighted by molar-refractivity contribution is 5.26. The molecule has 0 spiro atoms. The zero-order valence-electron chi connectivity index (χ0n) is 15.5. The number of rotatable bonds is 7. The third kappa shape index (κ3) is 5.06. The molecule has 140 valence electrons. The van der Waals surface area contributed by atoms with E-state index < -0.39 is 11.6 Å². The molecule has 2 aromatic carbocycles. The van der Waals surface area contributed by atoms with Crippen LogP contribution >= 0.6 is 0 Å². The second kappa shape index (κ2) is 9.16. The van der Waals surface area contributed by atoms with E-state index in [4.69, 9.17) is 4.74 Å². The topological polar surface area (TPSA) is 9.23 Å². The van der Waals surface area contributed by atoms with Gasteiger partial charge in [-0.1, -0.05) is 69.4 Å². The Balaban J connectivity index is 1.65. The van der Waals surface area contributed by atoms with Crippen LogP contribution in [0.15, 0.2) is 48.5 Å². The van der Waals surface area contributed by atoms with E-state index in [-0.39, 0.29) is 6.10 Å². The Hall–Kier alpha value is -1.90. The maximum Gasteiger partial charge on any atom is 0.162 e. The van der Waals surface area contributed by atoms with Crippen LogP contribution in [-0.4, -0.2) is 0 Å². The fourth-order valence-corrected chi connectivity index (χ4v) is 3.99. The van der Waals surface area contributed by atoms with Crippen molar-refractivity contribution in [3.8, 4) is 5.75 Å². The van der Waals surface area contributed by atoms with E-state index in [0.717, 1.165) is 42.4 Å². The maximum absolute atomic E-state index is 13.5. The van der Waals surface area contributed by atoms with Crippen molar-refractivity contribution >= 4 is 0 Å². The first kappa shape index (κ1) is 18.9. The smallest absolute Gasteiger partial charge is 0.162 e. The van der Waals surface area contributed by atoms with Gasteiger partial charge in [0, 0.05) is 6.07 Å². The van der Waals surface area contributed by atoms with Gasteiger partial charge in [0.1, 0.15) is 11.9 Å². The lowest BCUT2D eigenvalue weighted by atomic mass is 9.78. The summed E-state index contributed by atoms with van der Waals surface area (Å²) in [7, 11) is 0. The molecule has 1 saturated carbocycles. The number of hydrogen-bond acceptors (Lipinski definition) is 1. The van der Waals surface area contributed by atoms with Gasteiger partial charge in [-0.15, -0.1) is 0 Å². The summed E-state index contributed by atoms with van der Waals surface area (Å²) in [6.45, 7) is 2.28. The van der Waals surface area contributed by atoms with Crippen LogP contribution in [0.4, 0.5) is 8.78 Å². The van der Waals surface area contributed by atoms with E-state index >= 15 is 0 Å². The standard InChI is InChI=1S/C23H28F2O/c1-2-17-8-10-18(11-9-17)12-15-23(19-6-4-3-5-7-19)26-20-13-14-21(24)22(25)16-20/h3-7,13-14,16-18,23H,2,8-12,15H2,1H3. The molecule has 0 aromatic heterocycles. The predicted molar refractivity (Wildman–Crippen MR) is 101 cm³/mol.